The second-order valence-electron chi connectivity index (χ2n) is 6.56. The van der Waals surface area contributed by atoms with E-state index in [1.807, 2.05) is 19.2 Å². The molecule has 1 saturated heterocycles. The molecule has 0 aliphatic carbocycles. The molecule has 5 heteroatoms. The number of nitrogens with zero attached hydrogens (tertiary/aromatic N) is 2. The van der Waals surface area contributed by atoms with Crippen LogP contribution in [0.3, 0.4) is 0 Å². The number of piperazine rings is 1. The first-order chi connectivity index (χ1) is 11.5. The van der Waals surface area contributed by atoms with Gasteiger partial charge >= 0.3 is 0 Å². The van der Waals surface area contributed by atoms with Crippen molar-refractivity contribution in [1.82, 2.24) is 14.8 Å². The summed E-state index contributed by atoms with van der Waals surface area (Å²) in [6, 6.07) is 8.00. The summed E-state index contributed by atoms with van der Waals surface area (Å²) in [4.78, 5) is 14.7. The van der Waals surface area contributed by atoms with E-state index in [9.17, 15) is 4.79 Å². The normalized spacial score (nSPS) is 15.6. The minimum absolute atomic E-state index is 0.0563. The number of nitrogens with one attached hydrogen (secondary N) is 1. The maximum Gasteiger partial charge on any atom is 0.251 e. The predicted molar refractivity (Wildman–Crippen MR) is 102 cm³/mol. The predicted octanol–water partition coefficient (Wildman–Crippen LogP) is 2.68. The molecule has 2 heterocycles. The zero-order chi connectivity index (χ0) is 17.1. The van der Waals surface area contributed by atoms with Crippen LogP contribution < -0.4 is 10.9 Å². The molecule has 1 fully saturated rings. The molecule has 24 heavy (non-hydrogen) atoms. The first-order valence-electron chi connectivity index (χ1n) is 8.41. The number of halogens is 1. The lowest BCUT2D eigenvalue weighted by Gasteiger charge is -2.29. The average molecular weight is 390 g/mol. The van der Waals surface area contributed by atoms with Crippen LogP contribution in [-0.2, 0) is 13.1 Å². The van der Waals surface area contributed by atoms with E-state index in [1.165, 1.54) is 16.7 Å². The average Bonchev–Trinajstić information content (AvgIpc) is 2.54. The minimum atomic E-state index is 0.0563. The lowest BCUT2D eigenvalue weighted by atomic mass is 10.0. The van der Waals surface area contributed by atoms with E-state index in [1.54, 1.807) is 10.6 Å². The van der Waals surface area contributed by atoms with Gasteiger partial charge in [-0.15, -0.1) is 0 Å². The van der Waals surface area contributed by atoms with Crippen LogP contribution in [0.2, 0.25) is 0 Å². The van der Waals surface area contributed by atoms with Crippen molar-refractivity contribution < 1.29 is 0 Å². The van der Waals surface area contributed by atoms with Crippen LogP contribution in [0.1, 0.15) is 22.3 Å². The first kappa shape index (κ1) is 17.4. The maximum absolute atomic E-state index is 12.2. The van der Waals surface area contributed by atoms with Gasteiger partial charge in [-0.2, -0.15) is 0 Å². The summed E-state index contributed by atoms with van der Waals surface area (Å²) in [5.41, 5.74) is 4.89. The molecule has 1 aliphatic rings. The summed E-state index contributed by atoms with van der Waals surface area (Å²) in [6.07, 6.45) is 1.89. The fourth-order valence-electron chi connectivity index (χ4n) is 3.22. The molecule has 1 aliphatic heterocycles. The van der Waals surface area contributed by atoms with Crippen molar-refractivity contribution in [3.8, 4) is 0 Å². The standard InChI is InChI=1S/C19H24BrN3O/c1-14-3-6-23(19(24)9-14)12-16-11-17(20)10-15(2)18(16)13-22-7-4-21-5-8-22/h3,6,9-11,21H,4-5,7-8,12-13H2,1-2H3. The van der Waals surface area contributed by atoms with Crippen molar-refractivity contribution in [2.24, 2.45) is 0 Å². The number of pyridine rings is 1. The monoisotopic (exact) mass is 389 g/mol. The molecule has 0 radical (unpaired) electrons. The Hall–Kier alpha value is -1.43. The van der Waals surface area contributed by atoms with Crippen LogP contribution in [0.25, 0.3) is 0 Å². The van der Waals surface area contributed by atoms with Crippen molar-refractivity contribution in [2.45, 2.75) is 26.9 Å². The number of hydrogen-bond acceptors (Lipinski definition) is 3. The molecular formula is C19H24BrN3O. The lowest BCUT2D eigenvalue weighted by Crippen LogP contribution is -2.43. The van der Waals surface area contributed by atoms with E-state index in [-0.39, 0.29) is 5.56 Å². The van der Waals surface area contributed by atoms with Gasteiger partial charge in [0, 0.05) is 49.5 Å². The molecule has 1 aromatic carbocycles. The fraction of sp³-hybridized carbons (Fsp3) is 0.421. The highest BCUT2D eigenvalue weighted by atomic mass is 79.9. The van der Waals surface area contributed by atoms with E-state index in [4.69, 9.17) is 0 Å². The topological polar surface area (TPSA) is 37.3 Å². The number of benzene rings is 1. The molecule has 3 rings (SSSR count). The minimum Gasteiger partial charge on any atom is -0.314 e. The van der Waals surface area contributed by atoms with E-state index < -0.39 is 0 Å². The summed E-state index contributed by atoms with van der Waals surface area (Å²) in [5, 5.41) is 3.40. The summed E-state index contributed by atoms with van der Waals surface area (Å²) in [7, 11) is 0. The van der Waals surface area contributed by atoms with Crippen LogP contribution in [0.5, 0.6) is 0 Å². The second-order valence-corrected chi connectivity index (χ2v) is 7.47. The smallest absolute Gasteiger partial charge is 0.251 e. The van der Waals surface area contributed by atoms with Gasteiger partial charge in [0.05, 0.1) is 6.54 Å². The number of hydrogen-bond donors (Lipinski definition) is 1. The number of rotatable bonds is 4. The summed E-state index contributed by atoms with van der Waals surface area (Å²) in [5.74, 6) is 0. The van der Waals surface area contributed by atoms with Gasteiger partial charge in [-0.3, -0.25) is 9.69 Å². The van der Waals surface area contributed by atoms with Gasteiger partial charge in [0.15, 0.2) is 0 Å². The second kappa shape index (κ2) is 7.64. The lowest BCUT2D eigenvalue weighted by molar-refractivity contribution is 0.232. The Kier molecular flexibility index (Phi) is 5.54. The van der Waals surface area contributed by atoms with Crippen molar-refractivity contribution in [1.29, 1.82) is 0 Å². The molecule has 0 bridgehead atoms. The highest BCUT2D eigenvalue weighted by molar-refractivity contribution is 9.10. The van der Waals surface area contributed by atoms with Crippen LogP contribution in [0.4, 0.5) is 0 Å². The van der Waals surface area contributed by atoms with Crippen molar-refractivity contribution in [3.05, 3.63) is 67.5 Å². The molecule has 0 unspecified atom stereocenters. The zero-order valence-electron chi connectivity index (χ0n) is 14.3. The van der Waals surface area contributed by atoms with Gasteiger partial charge in [0.25, 0.3) is 5.56 Å². The van der Waals surface area contributed by atoms with E-state index >= 15 is 0 Å². The van der Waals surface area contributed by atoms with Gasteiger partial charge in [-0.1, -0.05) is 15.9 Å². The van der Waals surface area contributed by atoms with Crippen LogP contribution in [0, 0.1) is 13.8 Å². The van der Waals surface area contributed by atoms with Gasteiger partial charge in [0.2, 0.25) is 0 Å². The summed E-state index contributed by atoms with van der Waals surface area (Å²) < 4.78 is 2.86. The molecule has 2 aromatic rings. The van der Waals surface area contributed by atoms with Gasteiger partial charge < -0.3 is 9.88 Å². The van der Waals surface area contributed by atoms with Crippen LogP contribution in [0.15, 0.2) is 39.7 Å². The Morgan fingerprint density at radius 2 is 1.88 bits per heavy atom. The third-order valence-electron chi connectivity index (χ3n) is 4.61. The fourth-order valence-corrected chi connectivity index (χ4v) is 3.84. The van der Waals surface area contributed by atoms with Gasteiger partial charge in [-0.05, 0) is 54.3 Å². The SMILES string of the molecule is Cc1ccn(Cc2cc(Br)cc(C)c2CN2CCNCC2)c(=O)c1. The third kappa shape index (κ3) is 4.15. The first-order valence-corrected chi connectivity index (χ1v) is 9.20. The molecule has 128 valence electrons. The third-order valence-corrected chi connectivity index (χ3v) is 5.07. The zero-order valence-corrected chi connectivity index (χ0v) is 15.9. The highest BCUT2D eigenvalue weighted by Crippen LogP contribution is 2.23. The maximum atomic E-state index is 12.2. The van der Waals surface area contributed by atoms with E-state index in [0.717, 1.165) is 42.8 Å². The molecule has 4 nitrogen and oxygen atoms in total. The van der Waals surface area contributed by atoms with Crippen molar-refractivity contribution in [3.63, 3.8) is 0 Å². The molecule has 1 aromatic heterocycles. The number of aromatic nitrogens is 1. The Bertz CT molecular complexity index is 779. The molecule has 0 atom stereocenters. The Balaban J connectivity index is 1.91. The largest absolute Gasteiger partial charge is 0.314 e. The van der Waals surface area contributed by atoms with E-state index in [2.05, 4.69) is 45.2 Å². The molecule has 1 N–H and O–H groups in total. The summed E-state index contributed by atoms with van der Waals surface area (Å²) >= 11 is 3.60. The Morgan fingerprint density at radius 1 is 1.12 bits per heavy atom. The van der Waals surface area contributed by atoms with E-state index in [0.29, 0.717) is 6.54 Å². The molecule has 0 spiro atoms. The Morgan fingerprint density at radius 3 is 2.58 bits per heavy atom. The quantitative estimate of drug-likeness (QED) is 0.873. The molecule has 0 saturated carbocycles. The van der Waals surface area contributed by atoms with Crippen molar-refractivity contribution >= 4 is 15.9 Å². The Labute approximate surface area is 151 Å². The summed E-state index contributed by atoms with van der Waals surface area (Å²) in [6.45, 7) is 9.88. The van der Waals surface area contributed by atoms with Crippen LogP contribution in [-0.4, -0.2) is 35.6 Å². The molecule has 0 amide bonds. The van der Waals surface area contributed by atoms with Crippen molar-refractivity contribution in [2.75, 3.05) is 26.2 Å². The molecular weight excluding hydrogens is 366 g/mol. The van der Waals surface area contributed by atoms with Gasteiger partial charge in [0.1, 0.15) is 0 Å². The van der Waals surface area contributed by atoms with Crippen LogP contribution >= 0.6 is 15.9 Å². The highest BCUT2D eigenvalue weighted by Gasteiger charge is 2.15. The number of aryl methyl sites for hydroxylation is 2. The van der Waals surface area contributed by atoms with Gasteiger partial charge in [-0.25, -0.2) is 0 Å².